The third-order valence-corrected chi connectivity index (χ3v) is 1.75. The maximum atomic E-state index is 10.7. The Morgan fingerprint density at radius 1 is 1.38 bits per heavy atom. The molecule has 0 spiro atoms. The summed E-state index contributed by atoms with van der Waals surface area (Å²) in [5.41, 5.74) is 0.922. The highest BCUT2D eigenvalue weighted by atomic mass is 16.5. The van der Waals surface area contributed by atoms with Gasteiger partial charge in [-0.15, -0.1) is 0 Å². The molecular weight excluding hydrogens is 164 g/mol. The van der Waals surface area contributed by atoms with Crippen LogP contribution in [0, 0.1) is 0 Å². The lowest BCUT2D eigenvalue weighted by molar-refractivity contribution is -0.118. The molecule has 0 N–H and O–H groups in total. The summed E-state index contributed by atoms with van der Waals surface area (Å²) in [6, 6.07) is 9.52. The van der Waals surface area contributed by atoms with Crippen LogP contribution in [0.3, 0.4) is 0 Å². The van der Waals surface area contributed by atoms with Crippen molar-refractivity contribution in [3.05, 3.63) is 35.9 Å². The van der Waals surface area contributed by atoms with Crippen molar-refractivity contribution in [1.82, 2.24) is 0 Å². The topological polar surface area (TPSA) is 26.3 Å². The first kappa shape index (κ1) is 9.93. The number of hydrogen-bond acceptors (Lipinski definition) is 2. The molecule has 1 rings (SSSR count). The van der Waals surface area contributed by atoms with Gasteiger partial charge in [0.2, 0.25) is 0 Å². The van der Waals surface area contributed by atoms with E-state index < -0.39 is 6.10 Å². The van der Waals surface area contributed by atoms with Gasteiger partial charge in [0.1, 0.15) is 6.10 Å². The van der Waals surface area contributed by atoms with Gasteiger partial charge in [0.15, 0.2) is 6.29 Å². The summed E-state index contributed by atoms with van der Waals surface area (Å²) in [7, 11) is 0. The number of rotatable bonds is 5. The molecule has 0 aromatic heterocycles. The average Bonchev–Trinajstić information content (AvgIpc) is 2.21. The smallest absolute Gasteiger partial charge is 0.153 e. The zero-order valence-electron chi connectivity index (χ0n) is 7.77. The van der Waals surface area contributed by atoms with Gasteiger partial charge in [0, 0.05) is 6.61 Å². The number of ether oxygens (including phenoxy) is 1. The number of aldehydes is 1. The molecule has 0 heterocycles. The van der Waals surface area contributed by atoms with Crippen molar-refractivity contribution in [2.75, 3.05) is 6.61 Å². The highest BCUT2D eigenvalue weighted by Gasteiger charge is 2.08. The van der Waals surface area contributed by atoms with E-state index in [-0.39, 0.29) is 0 Å². The van der Waals surface area contributed by atoms with Crippen molar-refractivity contribution in [3.63, 3.8) is 0 Å². The van der Waals surface area contributed by atoms with Crippen LogP contribution < -0.4 is 0 Å². The molecule has 1 aromatic rings. The number of carbonyl (C=O) groups excluding carboxylic acids is 1. The first-order valence-electron chi connectivity index (χ1n) is 4.50. The Kier molecular flexibility index (Phi) is 4.19. The van der Waals surface area contributed by atoms with Gasteiger partial charge in [-0.05, 0) is 12.0 Å². The van der Waals surface area contributed by atoms with E-state index in [0.29, 0.717) is 6.61 Å². The lowest BCUT2D eigenvalue weighted by atomic mass is 10.1. The predicted molar refractivity (Wildman–Crippen MR) is 51.5 cm³/mol. The van der Waals surface area contributed by atoms with Crippen LogP contribution in [0.25, 0.3) is 0 Å². The van der Waals surface area contributed by atoms with E-state index in [0.717, 1.165) is 18.3 Å². The second kappa shape index (κ2) is 5.49. The normalized spacial score (nSPS) is 12.4. The fourth-order valence-corrected chi connectivity index (χ4v) is 1.10. The first-order chi connectivity index (χ1) is 6.38. The van der Waals surface area contributed by atoms with E-state index in [4.69, 9.17) is 4.74 Å². The molecular formula is C11H14O2. The molecule has 0 aliphatic rings. The summed E-state index contributed by atoms with van der Waals surface area (Å²) >= 11 is 0. The Balaban J connectivity index is 2.61. The highest BCUT2D eigenvalue weighted by Crippen LogP contribution is 2.14. The minimum atomic E-state index is -0.402. The van der Waals surface area contributed by atoms with E-state index in [2.05, 4.69) is 0 Å². The summed E-state index contributed by atoms with van der Waals surface area (Å²) in [4.78, 5) is 10.7. The van der Waals surface area contributed by atoms with Crippen LogP contribution in [-0.4, -0.2) is 12.9 Å². The molecule has 0 saturated heterocycles. The Morgan fingerprint density at radius 3 is 2.62 bits per heavy atom. The maximum Gasteiger partial charge on any atom is 0.153 e. The van der Waals surface area contributed by atoms with Crippen LogP contribution in [0.5, 0.6) is 0 Å². The van der Waals surface area contributed by atoms with E-state index in [1.165, 1.54) is 0 Å². The molecule has 2 nitrogen and oxygen atoms in total. The van der Waals surface area contributed by atoms with Crippen molar-refractivity contribution < 1.29 is 9.53 Å². The van der Waals surface area contributed by atoms with E-state index in [1.54, 1.807) is 0 Å². The first-order valence-corrected chi connectivity index (χ1v) is 4.50. The largest absolute Gasteiger partial charge is 0.366 e. The zero-order valence-corrected chi connectivity index (χ0v) is 7.77. The molecule has 1 unspecified atom stereocenters. The maximum absolute atomic E-state index is 10.7. The number of benzene rings is 1. The van der Waals surface area contributed by atoms with Crippen molar-refractivity contribution in [2.45, 2.75) is 19.4 Å². The molecule has 2 heteroatoms. The number of hydrogen-bond donors (Lipinski definition) is 0. The van der Waals surface area contributed by atoms with Gasteiger partial charge in [-0.3, -0.25) is 0 Å². The third kappa shape index (κ3) is 2.99. The van der Waals surface area contributed by atoms with Gasteiger partial charge in [-0.1, -0.05) is 37.3 Å². The lowest BCUT2D eigenvalue weighted by Gasteiger charge is -2.10. The van der Waals surface area contributed by atoms with Crippen LogP contribution in [0.1, 0.15) is 25.0 Å². The molecule has 0 aliphatic carbocycles. The predicted octanol–water partition coefficient (Wildman–Crippen LogP) is 2.35. The Bertz CT molecular complexity index is 244. The molecule has 13 heavy (non-hydrogen) atoms. The Hall–Kier alpha value is -1.15. The Morgan fingerprint density at radius 2 is 2.08 bits per heavy atom. The molecule has 70 valence electrons. The molecule has 0 radical (unpaired) electrons. The van der Waals surface area contributed by atoms with Gasteiger partial charge in [-0.25, -0.2) is 0 Å². The summed E-state index contributed by atoms with van der Waals surface area (Å²) in [6.07, 6.45) is 1.36. The second-order valence-corrected chi connectivity index (χ2v) is 2.84. The highest BCUT2D eigenvalue weighted by molar-refractivity contribution is 5.59. The quantitative estimate of drug-likeness (QED) is 0.647. The van der Waals surface area contributed by atoms with E-state index in [9.17, 15) is 4.79 Å². The monoisotopic (exact) mass is 178 g/mol. The molecule has 1 atom stereocenters. The average molecular weight is 178 g/mol. The molecule has 1 aromatic carbocycles. The standard InChI is InChI=1S/C11H14O2/c1-2-8-13-11(9-12)10-6-4-3-5-7-10/h3-7,9,11H,2,8H2,1H3. The summed E-state index contributed by atoms with van der Waals surface area (Å²) in [6.45, 7) is 2.64. The third-order valence-electron chi connectivity index (χ3n) is 1.75. The summed E-state index contributed by atoms with van der Waals surface area (Å²) in [5.74, 6) is 0. The van der Waals surface area contributed by atoms with Gasteiger partial charge < -0.3 is 9.53 Å². The van der Waals surface area contributed by atoms with Crippen LogP contribution in [-0.2, 0) is 9.53 Å². The van der Waals surface area contributed by atoms with E-state index >= 15 is 0 Å². The zero-order chi connectivity index (χ0) is 9.52. The second-order valence-electron chi connectivity index (χ2n) is 2.84. The molecule has 0 saturated carbocycles. The van der Waals surface area contributed by atoms with Gasteiger partial charge in [0.25, 0.3) is 0 Å². The van der Waals surface area contributed by atoms with Crippen LogP contribution in [0.4, 0.5) is 0 Å². The summed E-state index contributed by atoms with van der Waals surface area (Å²) < 4.78 is 5.36. The van der Waals surface area contributed by atoms with Crippen LogP contribution in [0.2, 0.25) is 0 Å². The molecule has 0 amide bonds. The SMILES string of the molecule is CCCOC(C=O)c1ccccc1. The fourth-order valence-electron chi connectivity index (χ4n) is 1.10. The van der Waals surface area contributed by atoms with Gasteiger partial charge in [-0.2, -0.15) is 0 Å². The molecule has 0 bridgehead atoms. The van der Waals surface area contributed by atoms with Crippen molar-refractivity contribution >= 4 is 6.29 Å². The van der Waals surface area contributed by atoms with E-state index in [1.807, 2.05) is 37.3 Å². The lowest BCUT2D eigenvalue weighted by Crippen LogP contribution is -2.06. The minimum absolute atomic E-state index is 0.402. The van der Waals surface area contributed by atoms with Crippen LogP contribution in [0.15, 0.2) is 30.3 Å². The van der Waals surface area contributed by atoms with Crippen molar-refractivity contribution in [1.29, 1.82) is 0 Å². The number of carbonyl (C=O) groups is 1. The van der Waals surface area contributed by atoms with Crippen molar-refractivity contribution in [3.8, 4) is 0 Å². The van der Waals surface area contributed by atoms with Gasteiger partial charge in [0.05, 0.1) is 0 Å². The van der Waals surface area contributed by atoms with Crippen molar-refractivity contribution in [2.24, 2.45) is 0 Å². The summed E-state index contributed by atoms with van der Waals surface area (Å²) in [5, 5.41) is 0. The molecule has 0 aliphatic heterocycles. The van der Waals surface area contributed by atoms with Gasteiger partial charge >= 0.3 is 0 Å². The Labute approximate surface area is 78.5 Å². The fraction of sp³-hybridized carbons (Fsp3) is 0.364. The molecule has 0 fully saturated rings. The minimum Gasteiger partial charge on any atom is -0.366 e. The van der Waals surface area contributed by atoms with Crippen LogP contribution >= 0.6 is 0 Å².